The molecule has 2 saturated heterocycles. The zero-order chi connectivity index (χ0) is 19.7. The van der Waals surface area contributed by atoms with E-state index < -0.39 is 0 Å². The molecule has 6 nitrogen and oxygen atoms in total. The molecule has 0 aliphatic carbocycles. The van der Waals surface area contributed by atoms with Gasteiger partial charge in [0.2, 0.25) is 5.91 Å². The first kappa shape index (κ1) is 19.2. The highest BCUT2D eigenvalue weighted by Gasteiger charge is 2.45. The molecule has 150 valence electrons. The van der Waals surface area contributed by atoms with Crippen LogP contribution in [-0.2, 0) is 11.3 Å². The maximum absolute atomic E-state index is 12.7. The summed E-state index contributed by atoms with van der Waals surface area (Å²) in [6.45, 7) is 8.80. The smallest absolute Gasteiger partial charge is 0.240 e. The number of likely N-dealkylation sites (N-methyl/N-ethyl adjacent to an activating group) is 1. The lowest BCUT2D eigenvalue weighted by Gasteiger charge is -2.44. The molecule has 4 rings (SSSR count). The average Bonchev–Trinajstić information content (AvgIpc) is 3.11. The average molecular weight is 382 g/mol. The van der Waals surface area contributed by atoms with E-state index in [9.17, 15) is 4.79 Å². The number of benzene rings is 1. The van der Waals surface area contributed by atoms with Gasteiger partial charge in [-0.05, 0) is 63.4 Å². The first-order valence-electron chi connectivity index (χ1n) is 10.3. The maximum atomic E-state index is 12.7. The van der Waals surface area contributed by atoms with E-state index >= 15 is 0 Å². The Morgan fingerprint density at radius 3 is 2.68 bits per heavy atom. The number of piperidine rings is 1. The Kier molecular flexibility index (Phi) is 5.25. The second-order valence-corrected chi connectivity index (χ2v) is 8.40. The van der Waals surface area contributed by atoms with Crippen molar-refractivity contribution < 1.29 is 4.79 Å². The molecular formula is C22H31N5O. The van der Waals surface area contributed by atoms with Gasteiger partial charge in [-0.15, -0.1) is 0 Å². The number of aromatic nitrogens is 2. The summed E-state index contributed by atoms with van der Waals surface area (Å²) < 4.78 is 1.96. The minimum atomic E-state index is -0.323. The molecule has 6 heteroatoms. The third kappa shape index (κ3) is 3.59. The van der Waals surface area contributed by atoms with Crippen molar-refractivity contribution in [2.24, 2.45) is 0 Å². The summed E-state index contributed by atoms with van der Waals surface area (Å²) in [6, 6.07) is 6.44. The lowest BCUT2D eigenvalue weighted by molar-refractivity contribution is -0.134. The van der Waals surface area contributed by atoms with Gasteiger partial charge in [0, 0.05) is 44.5 Å². The van der Waals surface area contributed by atoms with Crippen LogP contribution in [0, 0.1) is 13.8 Å². The van der Waals surface area contributed by atoms with Gasteiger partial charge in [-0.3, -0.25) is 14.6 Å². The van der Waals surface area contributed by atoms with Crippen LogP contribution in [0.3, 0.4) is 0 Å². The fraction of sp³-hybridized carbons (Fsp3) is 0.545. The van der Waals surface area contributed by atoms with Gasteiger partial charge < -0.3 is 5.32 Å². The van der Waals surface area contributed by atoms with Crippen LogP contribution >= 0.6 is 0 Å². The van der Waals surface area contributed by atoms with Crippen molar-refractivity contribution in [3.05, 3.63) is 47.3 Å². The van der Waals surface area contributed by atoms with E-state index in [1.165, 1.54) is 16.7 Å². The monoisotopic (exact) mass is 381 g/mol. The van der Waals surface area contributed by atoms with E-state index in [1.54, 1.807) is 0 Å². The summed E-state index contributed by atoms with van der Waals surface area (Å²) in [5.41, 5.74) is 4.57. The molecule has 0 radical (unpaired) electrons. The molecule has 3 heterocycles. The Balaban J connectivity index is 1.41. The van der Waals surface area contributed by atoms with Crippen LogP contribution in [0.5, 0.6) is 0 Å². The van der Waals surface area contributed by atoms with Gasteiger partial charge in [-0.1, -0.05) is 6.07 Å². The van der Waals surface area contributed by atoms with E-state index in [-0.39, 0.29) is 11.4 Å². The van der Waals surface area contributed by atoms with E-state index in [0.717, 1.165) is 57.7 Å². The third-order valence-electron chi connectivity index (χ3n) is 6.59. The Hall–Kier alpha value is -2.18. The van der Waals surface area contributed by atoms with Gasteiger partial charge in [0.1, 0.15) is 5.54 Å². The zero-order valence-corrected chi connectivity index (χ0v) is 17.2. The van der Waals surface area contributed by atoms with Crippen molar-refractivity contribution in [1.82, 2.24) is 24.9 Å². The van der Waals surface area contributed by atoms with Gasteiger partial charge >= 0.3 is 0 Å². The maximum Gasteiger partial charge on any atom is 0.240 e. The predicted octanol–water partition coefficient (Wildman–Crippen LogP) is 2.28. The van der Waals surface area contributed by atoms with Gasteiger partial charge in [0.05, 0.1) is 11.9 Å². The van der Waals surface area contributed by atoms with E-state index in [1.807, 2.05) is 10.9 Å². The highest BCUT2D eigenvalue weighted by atomic mass is 16.2. The van der Waals surface area contributed by atoms with Crippen molar-refractivity contribution in [3.8, 4) is 5.69 Å². The van der Waals surface area contributed by atoms with Gasteiger partial charge in [-0.2, -0.15) is 5.10 Å². The highest BCUT2D eigenvalue weighted by Crippen LogP contribution is 2.30. The standard InChI is InChI=1S/C22H31N5O/c1-17-5-6-20(13-18(17)2)27-16-19(14-24-27)15-26-11-7-22(8-12-26)21(28)23-9-4-10-25(22)3/h5-6,13-14,16H,4,7-12,15H2,1-3H3,(H,23,28). The number of aryl methyl sites for hydroxylation is 2. The molecule has 2 aromatic rings. The number of hydrogen-bond donors (Lipinski definition) is 1. The van der Waals surface area contributed by atoms with Crippen LogP contribution < -0.4 is 5.32 Å². The quantitative estimate of drug-likeness (QED) is 0.886. The minimum Gasteiger partial charge on any atom is -0.354 e. The Bertz CT molecular complexity index is 850. The summed E-state index contributed by atoms with van der Waals surface area (Å²) >= 11 is 0. The molecular weight excluding hydrogens is 350 g/mol. The van der Waals surface area contributed by atoms with Gasteiger partial charge in [-0.25, -0.2) is 4.68 Å². The minimum absolute atomic E-state index is 0.217. The van der Waals surface area contributed by atoms with Crippen LogP contribution in [0.2, 0.25) is 0 Å². The number of nitrogens with zero attached hydrogens (tertiary/aromatic N) is 4. The fourth-order valence-electron chi connectivity index (χ4n) is 4.47. The number of hydrogen-bond acceptors (Lipinski definition) is 4. The second-order valence-electron chi connectivity index (χ2n) is 8.40. The molecule has 1 aromatic heterocycles. The van der Waals surface area contributed by atoms with Crippen molar-refractivity contribution in [2.45, 2.75) is 45.2 Å². The molecule has 0 bridgehead atoms. The largest absolute Gasteiger partial charge is 0.354 e. The summed E-state index contributed by atoms with van der Waals surface area (Å²) in [7, 11) is 2.11. The molecule has 1 N–H and O–H groups in total. The molecule has 2 fully saturated rings. The lowest BCUT2D eigenvalue weighted by atomic mass is 9.85. The highest BCUT2D eigenvalue weighted by molar-refractivity contribution is 5.86. The number of likely N-dealkylation sites (tertiary alicyclic amines) is 1. The molecule has 2 aliphatic heterocycles. The topological polar surface area (TPSA) is 53.4 Å². The molecule has 2 aliphatic rings. The summed E-state index contributed by atoms with van der Waals surface area (Å²) in [6.07, 6.45) is 6.90. The van der Waals surface area contributed by atoms with E-state index in [0.29, 0.717) is 0 Å². The summed E-state index contributed by atoms with van der Waals surface area (Å²) in [5.74, 6) is 0.217. The SMILES string of the molecule is Cc1ccc(-n2cc(CN3CCC4(CC3)C(=O)NCCCN4C)cn2)cc1C. The lowest BCUT2D eigenvalue weighted by Crippen LogP contribution is -2.60. The predicted molar refractivity (Wildman–Crippen MR) is 111 cm³/mol. The van der Waals surface area contributed by atoms with Crippen molar-refractivity contribution in [2.75, 3.05) is 33.2 Å². The number of carbonyl (C=O) groups is 1. The number of rotatable bonds is 3. The number of amides is 1. The Morgan fingerprint density at radius 1 is 1.14 bits per heavy atom. The van der Waals surface area contributed by atoms with E-state index in [2.05, 4.69) is 65.5 Å². The van der Waals surface area contributed by atoms with Crippen molar-refractivity contribution >= 4 is 5.91 Å². The molecule has 0 unspecified atom stereocenters. The Labute approximate surface area is 167 Å². The molecule has 1 spiro atoms. The fourth-order valence-corrected chi connectivity index (χ4v) is 4.47. The molecule has 0 atom stereocenters. The second kappa shape index (κ2) is 7.68. The number of nitrogens with one attached hydrogen (secondary N) is 1. The van der Waals surface area contributed by atoms with Crippen LogP contribution in [0.25, 0.3) is 5.69 Å². The molecule has 28 heavy (non-hydrogen) atoms. The number of carbonyl (C=O) groups excluding carboxylic acids is 1. The van der Waals surface area contributed by atoms with Crippen molar-refractivity contribution in [3.63, 3.8) is 0 Å². The molecule has 1 amide bonds. The van der Waals surface area contributed by atoms with Gasteiger partial charge in [0.15, 0.2) is 0 Å². The first-order valence-corrected chi connectivity index (χ1v) is 10.3. The summed E-state index contributed by atoms with van der Waals surface area (Å²) in [4.78, 5) is 17.4. The van der Waals surface area contributed by atoms with Crippen LogP contribution in [0.15, 0.2) is 30.6 Å². The summed E-state index contributed by atoms with van der Waals surface area (Å²) in [5, 5.41) is 7.68. The molecule has 1 aromatic carbocycles. The van der Waals surface area contributed by atoms with Gasteiger partial charge in [0.25, 0.3) is 0 Å². The van der Waals surface area contributed by atoms with E-state index in [4.69, 9.17) is 0 Å². The van der Waals surface area contributed by atoms with Crippen LogP contribution in [0.1, 0.15) is 36.0 Å². The molecule has 0 saturated carbocycles. The van der Waals surface area contributed by atoms with Crippen molar-refractivity contribution in [1.29, 1.82) is 0 Å². The Morgan fingerprint density at radius 2 is 1.93 bits per heavy atom. The van der Waals surface area contributed by atoms with Crippen LogP contribution in [-0.4, -0.2) is 64.3 Å². The normalized spacial score (nSPS) is 20.9. The van der Waals surface area contributed by atoms with Crippen LogP contribution in [0.4, 0.5) is 0 Å². The first-order chi connectivity index (χ1) is 13.5. The zero-order valence-electron chi connectivity index (χ0n) is 17.2. The third-order valence-corrected chi connectivity index (χ3v) is 6.59.